The van der Waals surface area contributed by atoms with E-state index in [9.17, 15) is 26.7 Å². The van der Waals surface area contributed by atoms with E-state index in [0.29, 0.717) is 55.5 Å². The third-order valence-electron chi connectivity index (χ3n) is 8.23. The molecule has 0 aromatic carbocycles. The highest BCUT2D eigenvalue weighted by atomic mass is 19.4. The molecule has 6 rings (SSSR count). The van der Waals surface area contributed by atoms with Crippen LogP contribution in [0.4, 0.5) is 38.5 Å². The van der Waals surface area contributed by atoms with E-state index in [2.05, 4.69) is 45.6 Å². The predicted octanol–water partition coefficient (Wildman–Crippen LogP) is 4.44. The molecular formula is C29H31F5N12O2. The van der Waals surface area contributed by atoms with Crippen molar-refractivity contribution in [2.24, 2.45) is 5.73 Å². The van der Waals surface area contributed by atoms with E-state index in [1.165, 1.54) is 19.5 Å². The Balaban J connectivity index is 1.17. The summed E-state index contributed by atoms with van der Waals surface area (Å²) in [6.07, 6.45) is 6.37. The van der Waals surface area contributed by atoms with Gasteiger partial charge in [0.15, 0.2) is 5.82 Å². The van der Waals surface area contributed by atoms with Crippen molar-refractivity contribution < 1.29 is 31.5 Å². The third-order valence-corrected chi connectivity index (χ3v) is 8.23. The Morgan fingerprint density at radius 1 is 1.04 bits per heavy atom. The summed E-state index contributed by atoms with van der Waals surface area (Å²) in [5, 5.41) is 9.53. The second-order valence-electron chi connectivity index (χ2n) is 11.7. The molecule has 4 aromatic rings. The summed E-state index contributed by atoms with van der Waals surface area (Å²) in [6.45, 7) is -2.72. The van der Waals surface area contributed by atoms with Gasteiger partial charge >= 0.3 is 24.8 Å². The molecule has 48 heavy (non-hydrogen) atoms. The van der Waals surface area contributed by atoms with Gasteiger partial charge in [0, 0.05) is 54.5 Å². The summed E-state index contributed by atoms with van der Waals surface area (Å²) in [6, 6.07) is 0.321. The summed E-state index contributed by atoms with van der Waals surface area (Å²) in [4.78, 5) is 40.1. The van der Waals surface area contributed by atoms with Crippen molar-refractivity contribution in [1.82, 2.24) is 45.0 Å². The Bertz CT molecular complexity index is 1720. The fourth-order valence-corrected chi connectivity index (χ4v) is 5.37. The van der Waals surface area contributed by atoms with Crippen LogP contribution in [-0.4, -0.2) is 77.0 Å². The SMILES string of the molecule is COc1ncc(-c2cnc(N(C(=O)NCC3(N)CC3)[C@H]3CC[C@H](Nc4ncc(C(F)(F)F)c(-c5ccn(C(F)F)n5)n4)CC3)cn2)cn1. The van der Waals surface area contributed by atoms with Gasteiger partial charge in [-0.05, 0) is 44.6 Å². The summed E-state index contributed by atoms with van der Waals surface area (Å²) < 4.78 is 72.5. The first-order valence-electron chi connectivity index (χ1n) is 15.0. The van der Waals surface area contributed by atoms with Crippen molar-refractivity contribution >= 4 is 17.8 Å². The van der Waals surface area contributed by atoms with Crippen LogP contribution in [0.15, 0.2) is 43.2 Å². The van der Waals surface area contributed by atoms with Crippen LogP contribution in [0.1, 0.15) is 50.6 Å². The molecule has 0 spiro atoms. The molecule has 0 aliphatic heterocycles. The van der Waals surface area contributed by atoms with Gasteiger partial charge in [0.25, 0.3) is 0 Å². The number of hydrogen-bond donors (Lipinski definition) is 3. The first-order valence-corrected chi connectivity index (χ1v) is 15.0. The molecule has 2 aliphatic rings. The van der Waals surface area contributed by atoms with Gasteiger partial charge in [0.1, 0.15) is 17.0 Å². The van der Waals surface area contributed by atoms with Crippen molar-refractivity contribution in [3.8, 4) is 28.7 Å². The highest BCUT2D eigenvalue weighted by molar-refractivity contribution is 5.91. The van der Waals surface area contributed by atoms with Crippen LogP contribution >= 0.6 is 0 Å². The number of urea groups is 1. The van der Waals surface area contributed by atoms with E-state index in [0.717, 1.165) is 25.1 Å². The third kappa shape index (κ3) is 7.40. The lowest BCUT2D eigenvalue weighted by molar-refractivity contribution is -0.137. The van der Waals surface area contributed by atoms with Gasteiger partial charge in [-0.15, -0.1) is 0 Å². The minimum Gasteiger partial charge on any atom is -0.467 e. The number of carbonyl (C=O) groups is 1. The molecule has 0 bridgehead atoms. The van der Waals surface area contributed by atoms with Crippen molar-refractivity contribution in [3.05, 3.63) is 48.8 Å². The van der Waals surface area contributed by atoms with E-state index >= 15 is 0 Å². The lowest BCUT2D eigenvalue weighted by Crippen LogP contribution is -2.51. The molecule has 4 heterocycles. The van der Waals surface area contributed by atoms with Gasteiger partial charge in [0.05, 0.1) is 25.2 Å². The number of alkyl halides is 5. The average molecular weight is 675 g/mol. The van der Waals surface area contributed by atoms with Crippen molar-refractivity contribution in [1.29, 1.82) is 0 Å². The molecule has 19 heteroatoms. The number of hydrogen-bond acceptors (Lipinski definition) is 11. The molecule has 4 aromatic heterocycles. The highest BCUT2D eigenvalue weighted by Gasteiger charge is 2.40. The van der Waals surface area contributed by atoms with Crippen LogP contribution in [0.3, 0.4) is 0 Å². The number of ether oxygens (including phenoxy) is 1. The molecule has 2 amide bonds. The van der Waals surface area contributed by atoms with Gasteiger partial charge in [-0.2, -0.15) is 27.1 Å². The summed E-state index contributed by atoms with van der Waals surface area (Å²) in [7, 11) is 1.46. The zero-order valence-corrected chi connectivity index (χ0v) is 25.5. The highest BCUT2D eigenvalue weighted by Crippen LogP contribution is 2.36. The van der Waals surface area contributed by atoms with Gasteiger partial charge in [0.2, 0.25) is 5.95 Å². The average Bonchev–Trinajstić information content (AvgIpc) is 3.60. The number of nitrogens with zero attached hydrogens (tertiary/aromatic N) is 9. The standard InChI is InChI=1S/C29H31F5N12O2/c1-48-26-39-10-16(11-40-26)21-13-37-22(14-36-21)46(27(47)41-15-28(35)7-8-28)18-4-2-17(3-5-18)42-25-38-12-19(29(32,33)34)23(43-25)20-6-9-45(44-20)24(30)31/h6,9-14,17-18,24H,2-5,7-8,15,35H2,1H3,(H,41,47)(H,38,42,43)/t17-,18-. The fourth-order valence-electron chi connectivity index (χ4n) is 5.37. The Hall–Kier alpha value is -5.07. The molecule has 2 fully saturated rings. The maximum absolute atomic E-state index is 13.7. The molecule has 0 saturated heterocycles. The van der Waals surface area contributed by atoms with Crippen molar-refractivity contribution in [3.63, 3.8) is 0 Å². The Kier molecular flexibility index (Phi) is 9.04. The summed E-state index contributed by atoms with van der Waals surface area (Å²) in [5.74, 6) is 0.215. The number of aromatic nitrogens is 8. The summed E-state index contributed by atoms with van der Waals surface area (Å²) >= 11 is 0. The van der Waals surface area contributed by atoms with Crippen LogP contribution in [0.2, 0.25) is 0 Å². The number of carbonyl (C=O) groups excluding carboxylic acids is 1. The van der Waals surface area contributed by atoms with Gasteiger partial charge in [-0.3, -0.25) is 9.88 Å². The number of nitrogens with one attached hydrogen (secondary N) is 2. The quantitative estimate of drug-likeness (QED) is 0.203. The number of methoxy groups -OCH3 is 1. The Morgan fingerprint density at radius 3 is 2.35 bits per heavy atom. The van der Waals surface area contributed by atoms with Crippen molar-refractivity contribution in [2.45, 2.75) is 68.9 Å². The van der Waals surface area contributed by atoms with E-state index in [1.807, 2.05) is 0 Å². The first-order chi connectivity index (χ1) is 22.9. The number of nitrogens with two attached hydrogens (primary N) is 1. The molecule has 254 valence electrons. The number of amides is 2. The largest absolute Gasteiger partial charge is 0.467 e. The first kappa shape index (κ1) is 32.9. The lowest BCUT2D eigenvalue weighted by Gasteiger charge is -2.36. The molecule has 0 atom stereocenters. The maximum atomic E-state index is 13.7. The minimum atomic E-state index is -4.84. The normalized spacial score (nSPS) is 18.8. The summed E-state index contributed by atoms with van der Waals surface area (Å²) in [5.41, 5.74) is 4.69. The van der Waals surface area contributed by atoms with Crippen LogP contribution in [0.5, 0.6) is 6.01 Å². The van der Waals surface area contributed by atoms with E-state index in [4.69, 9.17) is 10.5 Å². The number of halogens is 5. The zero-order chi connectivity index (χ0) is 34.1. The number of rotatable bonds is 10. The van der Waals surface area contributed by atoms with Crippen molar-refractivity contribution in [2.75, 3.05) is 23.9 Å². The maximum Gasteiger partial charge on any atom is 0.420 e. The smallest absolute Gasteiger partial charge is 0.420 e. The number of anilines is 2. The van der Waals surface area contributed by atoms with E-state index in [1.54, 1.807) is 17.3 Å². The monoisotopic (exact) mass is 674 g/mol. The molecule has 4 N–H and O–H groups in total. The molecule has 0 radical (unpaired) electrons. The second-order valence-corrected chi connectivity index (χ2v) is 11.7. The Labute approximate surface area is 270 Å². The lowest BCUT2D eigenvalue weighted by atomic mass is 9.90. The predicted molar refractivity (Wildman–Crippen MR) is 161 cm³/mol. The Morgan fingerprint density at radius 2 is 1.77 bits per heavy atom. The molecule has 14 nitrogen and oxygen atoms in total. The van der Waals surface area contributed by atoms with Crippen LogP contribution in [0, 0.1) is 0 Å². The van der Waals surface area contributed by atoms with Crippen LogP contribution < -0.4 is 26.0 Å². The molecule has 2 aliphatic carbocycles. The van der Waals surface area contributed by atoms with Gasteiger partial charge < -0.3 is 21.1 Å². The van der Waals surface area contributed by atoms with Gasteiger partial charge in [-0.1, -0.05) is 0 Å². The topological polar surface area (TPSA) is 175 Å². The van der Waals surface area contributed by atoms with Crippen LogP contribution in [0.25, 0.3) is 22.6 Å². The molecule has 0 unspecified atom stereocenters. The van der Waals surface area contributed by atoms with Gasteiger partial charge in [-0.25, -0.2) is 34.4 Å². The van der Waals surface area contributed by atoms with E-state index in [-0.39, 0.29) is 40.4 Å². The zero-order valence-electron chi connectivity index (χ0n) is 25.5. The second kappa shape index (κ2) is 13.2. The van der Waals surface area contributed by atoms with E-state index < -0.39 is 29.5 Å². The fraction of sp³-hybridized carbons (Fsp3) is 0.448. The van der Waals surface area contributed by atoms with Crippen LogP contribution in [-0.2, 0) is 6.18 Å². The molecular weight excluding hydrogens is 643 g/mol. The minimum absolute atomic E-state index is 0.107. The molecule has 2 saturated carbocycles.